The molecular formula is C32H43N5O8. The standard InChI is InChI=1S/C32H43N5O8/c1-3-5-9-22-10-8-15-37(22)28(38)21-45-27-20-26(33-24-12-7-6-11-23(24)27)30(41)34-25(13-14-29(39)40)31(42)35-16-18-36(19-17-35)32(43)44-4-2/h6-7,11-12,20,22,25H,3-5,8-10,13-19,21H2,1-2H3,(H,34,41)(H,39,40)/t22-,25?/m0/s1. The number of nitrogens with one attached hydrogen (secondary N) is 1. The number of para-hydroxylation sites is 1. The van der Waals surface area contributed by atoms with E-state index in [0.29, 0.717) is 23.2 Å². The largest absolute Gasteiger partial charge is 0.483 e. The Hall–Kier alpha value is -4.42. The van der Waals surface area contributed by atoms with Crippen molar-refractivity contribution in [3.63, 3.8) is 0 Å². The van der Waals surface area contributed by atoms with Gasteiger partial charge in [-0.3, -0.25) is 19.2 Å². The fourth-order valence-electron chi connectivity index (χ4n) is 5.81. The van der Waals surface area contributed by atoms with Gasteiger partial charge in [-0.1, -0.05) is 31.9 Å². The zero-order valence-corrected chi connectivity index (χ0v) is 26.0. The van der Waals surface area contributed by atoms with Crippen molar-refractivity contribution < 1.29 is 38.6 Å². The van der Waals surface area contributed by atoms with Crippen LogP contribution in [0.2, 0.25) is 0 Å². The number of aromatic nitrogens is 1. The van der Waals surface area contributed by atoms with Crippen molar-refractivity contribution in [2.75, 3.05) is 45.9 Å². The highest BCUT2D eigenvalue weighted by molar-refractivity contribution is 5.99. The van der Waals surface area contributed by atoms with E-state index >= 15 is 0 Å². The number of nitrogens with zero attached hydrogens (tertiary/aromatic N) is 4. The number of amides is 4. The van der Waals surface area contributed by atoms with Crippen LogP contribution in [-0.2, 0) is 19.1 Å². The minimum atomic E-state index is -1.13. The zero-order chi connectivity index (χ0) is 32.3. The Morgan fingerprint density at radius 1 is 1.04 bits per heavy atom. The molecule has 0 saturated carbocycles. The maximum absolute atomic E-state index is 13.5. The van der Waals surface area contributed by atoms with Crippen molar-refractivity contribution in [3.8, 4) is 5.75 Å². The van der Waals surface area contributed by atoms with Crippen LogP contribution >= 0.6 is 0 Å². The topological polar surface area (TPSA) is 159 Å². The van der Waals surface area contributed by atoms with E-state index in [0.717, 1.165) is 32.1 Å². The lowest BCUT2D eigenvalue weighted by Crippen LogP contribution is -2.56. The number of pyridine rings is 1. The number of unbranched alkanes of at least 4 members (excludes halogenated alkanes) is 1. The van der Waals surface area contributed by atoms with E-state index in [-0.39, 0.29) is 69.9 Å². The number of rotatable bonds is 13. The molecule has 4 amide bonds. The van der Waals surface area contributed by atoms with Crippen LogP contribution in [0.5, 0.6) is 5.75 Å². The molecule has 0 aliphatic carbocycles. The Bertz CT molecular complexity index is 1380. The van der Waals surface area contributed by atoms with E-state index in [4.69, 9.17) is 9.47 Å². The molecular weight excluding hydrogens is 582 g/mol. The molecule has 2 atom stereocenters. The lowest BCUT2D eigenvalue weighted by molar-refractivity contribution is -0.138. The van der Waals surface area contributed by atoms with E-state index in [1.54, 1.807) is 25.1 Å². The van der Waals surface area contributed by atoms with Crippen LogP contribution in [0.15, 0.2) is 30.3 Å². The summed E-state index contributed by atoms with van der Waals surface area (Å²) < 4.78 is 11.0. The summed E-state index contributed by atoms with van der Waals surface area (Å²) in [4.78, 5) is 72.8. The normalized spacial score (nSPS) is 17.2. The molecule has 0 spiro atoms. The highest BCUT2D eigenvalue weighted by atomic mass is 16.6. The van der Waals surface area contributed by atoms with Crippen LogP contribution in [0.25, 0.3) is 10.9 Å². The summed E-state index contributed by atoms with van der Waals surface area (Å²) >= 11 is 0. The number of carbonyl (C=O) groups is 5. The average Bonchev–Trinajstić information content (AvgIpc) is 3.52. The van der Waals surface area contributed by atoms with Gasteiger partial charge in [-0.2, -0.15) is 0 Å². The number of fused-ring (bicyclic) bond motifs is 1. The van der Waals surface area contributed by atoms with Crippen LogP contribution in [0.4, 0.5) is 4.79 Å². The minimum Gasteiger partial charge on any atom is -0.483 e. The maximum Gasteiger partial charge on any atom is 0.409 e. The van der Waals surface area contributed by atoms with Gasteiger partial charge in [-0.05, 0) is 44.7 Å². The van der Waals surface area contributed by atoms with Crippen LogP contribution in [0.3, 0.4) is 0 Å². The zero-order valence-electron chi connectivity index (χ0n) is 26.0. The van der Waals surface area contributed by atoms with Gasteiger partial charge < -0.3 is 34.6 Å². The number of likely N-dealkylation sites (tertiary alicyclic amines) is 1. The van der Waals surface area contributed by atoms with Crippen LogP contribution in [0.1, 0.15) is 69.3 Å². The van der Waals surface area contributed by atoms with Crippen molar-refractivity contribution in [2.24, 2.45) is 0 Å². The monoisotopic (exact) mass is 625 g/mol. The quantitative estimate of drug-likeness (QED) is 0.341. The molecule has 2 aromatic rings. The molecule has 45 heavy (non-hydrogen) atoms. The first-order valence-electron chi connectivity index (χ1n) is 15.8. The second kappa shape index (κ2) is 16.1. The highest BCUT2D eigenvalue weighted by Crippen LogP contribution is 2.27. The van der Waals surface area contributed by atoms with Crippen LogP contribution in [0, 0.1) is 0 Å². The van der Waals surface area contributed by atoms with Gasteiger partial charge >= 0.3 is 12.1 Å². The van der Waals surface area contributed by atoms with E-state index in [1.807, 2.05) is 11.0 Å². The number of carbonyl (C=O) groups excluding carboxylic acids is 4. The Morgan fingerprint density at radius 3 is 2.49 bits per heavy atom. The summed E-state index contributed by atoms with van der Waals surface area (Å²) in [6.07, 6.45) is 4.12. The molecule has 244 valence electrons. The number of hydrogen-bond acceptors (Lipinski definition) is 8. The highest BCUT2D eigenvalue weighted by Gasteiger charge is 2.32. The predicted octanol–water partition coefficient (Wildman–Crippen LogP) is 3.06. The third-order valence-corrected chi connectivity index (χ3v) is 8.22. The van der Waals surface area contributed by atoms with Crippen LogP contribution in [-0.4, -0.2) is 113 Å². The second-order valence-electron chi connectivity index (χ2n) is 11.3. The molecule has 2 aliphatic heterocycles. The minimum absolute atomic E-state index is 0.0293. The summed E-state index contributed by atoms with van der Waals surface area (Å²) in [6.45, 7) is 5.54. The smallest absolute Gasteiger partial charge is 0.409 e. The lowest BCUT2D eigenvalue weighted by atomic mass is 10.1. The molecule has 13 nitrogen and oxygen atoms in total. The lowest BCUT2D eigenvalue weighted by Gasteiger charge is -2.35. The molecule has 2 saturated heterocycles. The van der Waals surface area contributed by atoms with Crippen molar-refractivity contribution >= 4 is 40.7 Å². The van der Waals surface area contributed by atoms with E-state index in [9.17, 15) is 29.1 Å². The number of carboxylic acids is 1. The third kappa shape index (κ3) is 8.83. The van der Waals surface area contributed by atoms with E-state index < -0.39 is 29.9 Å². The molecule has 2 fully saturated rings. The summed E-state index contributed by atoms with van der Waals surface area (Å²) in [6, 6.07) is 7.62. The van der Waals surface area contributed by atoms with Crippen molar-refractivity contribution in [1.82, 2.24) is 25.0 Å². The molecule has 4 rings (SSSR count). The molecule has 0 radical (unpaired) electrons. The fourth-order valence-corrected chi connectivity index (χ4v) is 5.81. The van der Waals surface area contributed by atoms with Gasteiger partial charge in [0.1, 0.15) is 17.5 Å². The summed E-state index contributed by atoms with van der Waals surface area (Å²) in [7, 11) is 0. The van der Waals surface area contributed by atoms with Crippen molar-refractivity contribution in [2.45, 2.75) is 70.9 Å². The van der Waals surface area contributed by atoms with Crippen LogP contribution < -0.4 is 10.1 Å². The van der Waals surface area contributed by atoms with Gasteiger partial charge in [0.15, 0.2) is 6.61 Å². The molecule has 1 unspecified atom stereocenters. The number of piperazine rings is 1. The molecule has 3 heterocycles. The van der Waals surface area contributed by atoms with Gasteiger partial charge in [0, 0.05) is 56.6 Å². The molecule has 2 aliphatic rings. The van der Waals surface area contributed by atoms with E-state index in [2.05, 4.69) is 17.2 Å². The van der Waals surface area contributed by atoms with Gasteiger partial charge in [-0.15, -0.1) is 0 Å². The third-order valence-electron chi connectivity index (χ3n) is 8.22. The molecule has 13 heteroatoms. The first-order valence-corrected chi connectivity index (χ1v) is 15.8. The van der Waals surface area contributed by atoms with Gasteiger partial charge in [0.2, 0.25) is 5.91 Å². The summed E-state index contributed by atoms with van der Waals surface area (Å²) in [5, 5.41) is 12.6. The SMILES string of the molecule is CCCC[C@H]1CCCN1C(=O)COc1cc(C(=O)NC(CCC(=O)O)C(=O)N2CCN(C(=O)OCC)CC2)nc2ccccc12. The summed E-state index contributed by atoms with van der Waals surface area (Å²) in [5.41, 5.74) is 0.441. The molecule has 1 aromatic carbocycles. The Morgan fingerprint density at radius 2 is 1.78 bits per heavy atom. The first kappa shape index (κ1) is 33.5. The number of aliphatic carboxylic acids is 1. The first-order chi connectivity index (χ1) is 21.7. The fraction of sp³-hybridized carbons (Fsp3) is 0.562. The maximum atomic E-state index is 13.5. The number of benzene rings is 1. The summed E-state index contributed by atoms with van der Waals surface area (Å²) in [5.74, 6) is -2.02. The predicted molar refractivity (Wildman–Crippen MR) is 165 cm³/mol. The number of hydrogen-bond donors (Lipinski definition) is 2. The molecule has 1 aromatic heterocycles. The molecule has 2 N–H and O–H groups in total. The number of carboxylic acid groups (broad SMARTS) is 1. The van der Waals surface area contributed by atoms with Gasteiger partial charge in [0.05, 0.1) is 12.1 Å². The van der Waals surface area contributed by atoms with Crippen molar-refractivity contribution in [3.05, 3.63) is 36.0 Å². The van der Waals surface area contributed by atoms with E-state index in [1.165, 1.54) is 15.9 Å². The van der Waals surface area contributed by atoms with Crippen molar-refractivity contribution in [1.29, 1.82) is 0 Å². The Balaban J connectivity index is 1.47. The Kier molecular flexibility index (Phi) is 11.9. The second-order valence-corrected chi connectivity index (χ2v) is 11.3. The average molecular weight is 626 g/mol. The Labute approximate surface area is 262 Å². The molecule has 0 bridgehead atoms. The van der Waals surface area contributed by atoms with Gasteiger partial charge in [0.25, 0.3) is 11.8 Å². The number of ether oxygens (including phenoxy) is 2. The van der Waals surface area contributed by atoms with Gasteiger partial charge in [-0.25, -0.2) is 9.78 Å².